The number of pyridine rings is 2. The van der Waals surface area contributed by atoms with E-state index in [1.807, 2.05) is 39.0 Å². The average molecular weight is 278 g/mol. The zero-order valence-corrected chi connectivity index (χ0v) is 12.5. The molecule has 0 radical (unpaired) electrons. The van der Waals surface area contributed by atoms with Crippen molar-refractivity contribution in [1.82, 2.24) is 9.97 Å². The summed E-state index contributed by atoms with van der Waals surface area (Å²) in [5, 5.41) is 0.947. The molecule has 5 heteroatoms. The van der Waals surface area contributed by atoms with Crippen LogP contribution in [0.25, 0.3) is 10.9 Å². The van der Waals surface area contributed by atoms with Gasteiger partial charge in [0, 0.05) is 25.6 Å². The lowest BCUT2D eigenvalue weighted by atomic mass is 10.3. The van der Waals surface area contributed by atoms with Crippen LogP contribution in [-0.2, 0) is 9.47 Å². The summed E-state index contributed by atoms with van der Waals surface area (Å²) in [5.74, 6) is 0.626. The van der Waals surface area contributed by atoms with Crippen molar-refractivity contribution >= 4 is 10.9 Å². The highest BCUT2D eigenvalue weighted by Crippen LogP contribution is 2.19. The van der Waals surface area contributed by atoms with Gasteiger partial charge in [0.25, 0.3) is 0 Å². The summed E-state index contributed by atoms with van der Waals surface area (Å²) in [5.41, 5.74) is 0.907. The van der Waals surface area contributed by atoms with Crippen molar-refractivity contribution in [3.63, 3.8) is 0 Å². The number of fused-ring (bicyclic) bond motifs is 1. The number of hydrogen-bond donors (Lipinski definition) is 0. The van der Waals surface area contributed by atoms with Crippen LogP contribution in [0, 0.1) is 0 Å². The maximum absolute atomic E-state index is 5.08. The Kier molecular flexibility index (Phi) is 7.54. The Hall–Kier alpha value is -1.72. The Labute approximate surface area is 119 Å². The molecule has 0 aliphatic rings. The van der Waals surface area contributed by atoms with Crippen molar-refractivity contribution in [2.24, 2.45) is 0 Å². The van der Waals surface area contributed by atoms with E-state index in [-0.39, 0.29) is 6.29 Å². The fourth-order valence-corrected chi connectivity index (χ4v) is 1.66. The van der Waals surface area contributed by atoms with E-state index in [1.165, 1.54) is 0 Å². The Balaban J connectivity index is 0.000000221. The molecule has 2 heterocycles. The van der Waals surface area contributed by atoms with Crippen molar-refractivity contribution in [2.45, 2.75) is 27.1 Å². The topological polar surface area (TPSA) is 53.5 Å². The van der Waals surface area contributed by atoms with Crippen LogP contribution in [0.4, 0.5) is 0 Å². The molecule has 20 heavy (non-hydrogen) atoms. The van der Waals surface area contributed by atoms with E-state index in [1.54, 1.807) is 19.5 Å². The molecule has 0 saturated carbocycles. The Bertz CT molecular complexity index is 494. The van der Waals surface area contributed by atoms with Crippen molar-refractivity contribution in [1.29, 1.82) is 0 Å². The number of ether oxygens (including phenoxy) is 3. The lowest BCUT2D eigenvalue weighted by molar-refractivity contribution is -0.123. The summed E-state index contributed by atoms with van der Waals surface area (Å²) >= 11 is 0. The Morgan fingerprint density at radius 1 is 1.05 bits per heavy atom. The van der Waals surface area contributed by atoms with Gasteiger partial charge in [-0.15, -0.1) is 0 Å². The van der Waals surface area contributed by atoms with Crippen molar-refractivity contribution < 1.29 is 14.2 Å². The zero-order chi connectivity index (χ0) is 14.8. The third kappa shape index (κ3) is 5.11. The first-order valence-corrected chi connectivity index (χ1v) is 6.69. The highest BCUT2D eigenvalue weighted by Gasteiger charge is 2.00. The summed E-state index contributed by atoms with van der Waals surface area (Å²) in [6.45, 7) is 7.25. The van der Waals surface area contributed by atoms with E-state index in [9.17, 15) is 0 Å². The van der Waals surface area contributed by atoms with Gasteiger partial charge in [-0.05, 0) is 39.0 Å². The van der Waals surface area contributed by atoms with Gasteiger partial charge in [0.05, 0.1) is 18.0 Å². The molecule has 0 N–H and O–H groups in total. The Morgan fingerprint density at radius 2 is 1.75 bits per heavy atom. The normalized spacial score (nSPS) is 10.2. The van der Waals surface area contributed by atoms with Gasteiger partial charge in [0.15, 0.2) is 6.29 Å². The minimum Gasteiger partial charge on any atom is -0.481 e. The van der Waals surface area contributed by atoms with Crippen molar-refractivity contribution in [3.8, 4) is 5.88 Å². The molecule has 0 atom stereocenters. The highest BCUT2D eigenvalue weighted by atomic mass is 16.7. The number of aromatic nitrogens is 2. The average Bonchev–Trinajstić information content (AvgIpc) is 2.48. The van der Waals surface area contributed by atoms with Gasteiger partial charge in [-0.3, -0.25) is 4.98 Å². The molecule has 0 aliphatic carbocycles. The minimum absolute atomic E-state index is 0.0370. The first-order chi connectivity index (χ1) is 9.72. The number of rotatable bonds is 5. The minimum atomic E-state index is -0.0370. The third-order valence-corrected chi connectivity index (χ3v) is 2.49. The van der Waals surface area contributed by atoms with Gasteiger partial charge in [0.1, 0.15) is 0 Å². The van der Waals surface area contributed by atoms with E-state index in [0.717, 1.165) is 24.1 Å². The molecule has 5 nitrogen and oxygen atoms in total. The molecule has 0 unspecified atom stereocenters. The molecule has 0 fully saturated rings. The molecule has 0 amide bonds. The molecule has 2 rings (SSSR count). The number of methoxy groups -OCH3 is 1. The SMILES string of the molecule is CCOC(C)OCC.COc1nccc2ncccc12. The van der Waals surface area contributed by atoms with Crippen molar-refractivity contribution in [3.05, 3.63) is 30.6 Å². The molecule has 2 aromatic heterocycles. The van der Waals surface area contributed by atoms with E-state index in [0.29, 0.717) is 5.88 Å². The van der Waals surface area contributed by atoms with E-state index < -0.39 is 0 Å². The van der Waals surface area contributed by atoms with Gasteiger partial charge >= 0.3 is 0 Å². The number of nitrogens with zero attached hydrogens (tertiary/aromatic N) is 2. The molecule has 0 bridgehead atoms. The van der Waals surface area contributed by atoms with Crippen LogP contribution in [0.2, 0.25) is 0 Å². The molecule has 0 spiro atoms. The quantitative estimate of drug-likeness (QED) is 0.787. The molecule has 0 aliphatic heterocycles. The van der Waals surface area contributed by atoms with E-state index >= 15 is 0 Å². The van der Waals surface area contributed by atoms with Crippen LogP contribution < -0.4 is 4.74 Å². The van der Waals surface area contributed by atoms with Crippen LogP contribution in [0.1, 0.15) is 20.8 Å². The second kappa shape index (κ2) is 9.23. The number of hydrogen-bond acceptors (Lipinski definition) is 5. The Morgan fingerprint density at radius 3 is 2.35 bits per heavy atom. The fourth-order valence-electron chi connectivity index (χ4n) is 1.66. The van der Waals surface area contributed by atoms with E-state index in [4.69, 9.17) is 14.2 Å². The predicted molar refractivity (Wildman–Crippen MR) is 78.8 cm³/mol. The highest BCUT2D eigenvalue weighted by molar-refractivity contribution is 5.82. The van der Waals surface area contributed by atoms with Crippen LogP contribution in [0.15, 0.2) is 30.6 Å². The fraction of sp³-hybridized carbons (Fsp3) is 0.467. The molecule has 110 valence electrons. The summed E-state index contributed by atoms with van der Waals surface area (Å²) in [6, 6.07) is 5.67. The summed E-state index contributed by atoms with van der Waals surface area (Å²) in [4.78, 5) is 8.23. The van der Waals surface area contributed by atoms with Gasteiger partial charge < -0.3 is 14.2 Å². The molecule has 2 aromatic rings. The largest absolute Gasteiger partial charge is 0.481 e. The maximum atomic E-state index is 5.08. The molecular formula is C15H22N2O3. The van der Waals surface area contributed by atoms with Gasteiger partial charge in [-0.1, -0.05) is 0 Å². The standard InChI is InChI=1S/C9H8N2O.C6H14O2/c1-12-9-7-3-2-5-10-8(7)4-6-11-9;1-4-7-6(3)8-5-2/h2-6H,1H3;6H,4-5H2,1-3H3. The first-order valence-electron chi connectivity index (χ1n) is 6.69. The summed E-state index contributed by atoms with van der Waals surface area (Å²) in [7, 11) is 1.61. The molecule has 0 aromatic carbocycles. The van der Waals surface area contributed by atoms with Crippen molar-refractivity contribution in [2.75, 3.05) is 20.3 Å². The summed E-state index contributed by atoms with van der Waals surface area (Å²) in [6.07, 6.45) is 3.40. The monoisotopic (exact) mass is 278 g/mol. The smallest absolute Gasteiger partial charge is 0.222 e. The van der Waals surface area contributed by atoms with Crippen LogP contribution >= 0.6 is 0 Å². The lowest BCUT2D eigenvalue weighted by Gasteiger charge is -2.09. The third-order valence-electron chi connectivity index (χ3n) is 2.49. The first kappa shape index (κ1) is 16.3. The second-order valence-electron chi connectivity index (χ2n) is 3.87. The van der Waals surface area contributed by atoms with Crippen LogP contribution in [0.5, 0.6) is 5.88 Å². The second-order valence-corrected chi connectivity index (χ2v) is 3.87. The molecule has 0 saturated heterocycles. The van der Waals surface area contributed by atoms with E-state index in [2.05, 4.69) is 9.97 Å². The maximum Gasteiger partial charge on any atom is 0.222 e. The van der Waals surface area contributed by atoms with Gasteiger partial charge in [-0.2, -0.15) is 0 Å². The van der Waals surface area contributed by atoms with Gasteiger partial charge in [0.2, 0.25) is 5.88 Å². The van der Waals surface area contributed by atoms with Crippen LogP contribution in [0.3, 0.4) is 0 Å². The zero-order valence-electron chi connectivity index (χ0n) is 12.5. The van der Waals surface area contributed by atoms with Crippen LogP contribution in [-0.4, -0.2) is 36.6 Å². The van der Waals surface area contributed by atoms with Gasteiger partial charge in [-0.25, -0.2) is 4.98 Å². The predicted octanol–water partition coefficient (Wildman–Crippen LogP) is 3.04. The lowest BCUT2D eigenvalue weighted by Crippen LogP contribution is -2.11. The molecular weight excluding hydrogens is 256 g/mol. The summed E-state index contributed by atoms with van der Waals surface area (Å²) < 4.78 is 15.2.